The SMILES string of the molecule is CC.Cc1cc(F)c2nn(C)c(C3CC3)c2c1. The van der Waals surface area contributed by atoms with Gasteiger partial charge in [-0.1, -0.05) is 13.8 Å². The summed E-state index contributed by atoms with van der Waals surface area (Å²) in [6.45, 7) is 5.92. The van der Waals surface area contributed by atoms with E-state index in [0.29, 0.717) is 11.4 Å². The highest BCUT2D eigenvalue weighted by molar-refractivity contribution is 5.83. The predicted molar refractivity (Wildman–Crippen MR) is 68.7 cm³/mol. The number of nitrogens with zero attached hydrogens (tertiary/aromatic N) is 2. The molecule has 3 rings (SSSR count). The molecule has 0 atom stereocenters. The Morgan fingerprint density at radius 2 is 1.94 bits per heavy atom. The van der Waals surface area contributed by atoms with Gasteiger partial charge in [0.1, 0.15) is 5.52 Å². The van der Waals surface area contributed by atoms with E-state index in [0.717, 1.165) is 10.9 Å². The van der Waals surface area contributed by atoms with Gasteiger partial charge in [-0.2, -0.15) is 5.10 Å². The lowest BCUT2D eigenvalue weighted by Gasteiger charge is -1.99. The topological polar surface area (TPSA) is 17.8 Å². The minimum atomic E-state index is -0.201. The van der Waals surface area contributed by atoms with Crippen molar-refractivity contribution in [3.63, 3.8) is 0 Å². The minimum Gasteiger partial charge on any atom is -0.271 e. The van der Waals surface area contributed by atoms with E-state index in [2.05, 4.69) is 5.10 Å². The number of rotatable bonds is 1. The summed E-state index contributed by atoms with van der Waals surface area (Å²) in [5.41, 5.74) is 2.69. The van der Waals surface area contributed by atoms with Gasteiger partial charge in [0.15, 0.2) is 5.82 Å². The van der Waals surface area contributed by atoms with Crippen LogP contribution >= 0.6 is 0 Å². The Hall–Kier alpha value is -1.38. The lowest BCUT2D eigenvalue weighted by molar-refractivity contribution is 0.630. The molecule has 0 bridgehead atoms. The van der Waals surface area contributed by atoms with Gasteiger partial charge in [-0.15, -0.1) is 0 Å². The quantitative estimate of drug-likeness (QED) is 0.731. The van der Waals surface area contributed by atoms with Crippen LogP contribution < -0.4 is 0 Å². The van der Waals surface area contributed by atoms with Gasteiger partial charge in [0, 0.05) is 24.0 Å². The lowest BCUT2D eigenvalue weighted by atomic mass is 10.1. The van der Waals surface area contributed by atoms with E-state index in [-0.39, 0.29) is 5.82 Å². The summed E-state index contributed by atoms with van der Waals surface area (Å²) in [5, 5.41) is 5.25. The number of benzene rings is 1. The fourth-order valence-electron chi connectivity index (χ4n) is 2.25. The third-order valence-corrected chi connectivity index (χ3v) is 3.05. The minimum absolute atomic E-state index is 0.201. The molecule has 0 amide bonds. The van der Waals surface area contributed by atoms with Gasteiger partial charge in [-0.05, 0) is 37.5 Å². The maximum absolute atomic E-state index is 13.6. The first-order valence-electron chi connectivity index (χ1n) is 6.29. The fraction of sp³-hybridized carbons (Fsp3) is 0.500. The standard InChI is InChI=1S/C12H13FN2.C2H6/c1-7-5-9-11(10(13)6-7)14-15(2)12(9)8-3-4-8;1-2/h5-6,8H,3-4H2,1-2H3;1-2H3. The van der Waals surface area contributed by atoms with Crippen molar-refractivity contribution in [3.8, 4) is 0 Å². The molecule has 0 aliphatic heterocycles. The molecule has 0 saturated heterocycles. The molecule has 0 unspecified atom stereocenters. The van der Waals surface area contributed by atoms with Crippen LogP contribution in [0.4, 0.5) is 4.39 Å². The van der Waals surface area contributed by atoms with E-state index in [1.54, 1.807) is 6.07 Å². The summed E-state index contributed by atoms with van der Waals surface area (Å²) in [6.07, 6.45) is 2.42. The number of hydrogen-bond donors (Lipinski definition) is 0. The molecule has 2 nitrogen and oxygen atoms in total. The second kappa shape index (κ2) is 4.47. The van der Waals surface area contributed by atoms with Gasteiger partial charge < -0.3 is 0 Å². The molecular weight excluding hydrogens is 215 g/mol. The Bertz CT molecular complexity index is 539. The molecule has 2 aromatic rings. The van der Waals surface area contributed by atoms with Crippen molar-refractivity contribution in [1.29, 1.82) is 0 Å². The van der Waals surface area contributed by atoms with Crippen molar-refractivity contribution in [2.24, 2.45) is 7.05 Å². The van der Waals surface area contributed by atoms with Crippen LogP contribution in [0.1, 0.15) is 43.9 Å². The largest absolute Gasteiger partial charge is 0.271 e. The molecule has 1 aromatic heterocycles. The molecule has 17 heavy (non-hydrogen) atoms. The average Bonchev–Trinajstić information content (AvgIpc) is 3.06. The van der Waals surface area contributed by atoms with E-state index < -0.39 is 0 Å². The number of aryl methyl sites for hydroxylation is 2. The normalized spacial score (nSPS) is 14.6. The monoisotopic (exact) mass is 234 g/mol. The fourth-order valence-corrected chi connectivity index (χ4v) is 2.25. The third kappa shape index (κ3) is 2.06. The maximum atomic E-state index is 13.6. The molecule has 3 heteroatoms. The van der Waals surface area contributed by atoms with Crippen LogP contribution in [0.25, 0.3) is 10.9 Å². The number of fused-ring (bicyclic) bond motifs is 1. The maximum Gasteiger partial charge on any atom is 0.151 e. The van der Waals surface area contributed by atoms with Crippen LogP contribution in [-0.2, 0) is 7.05 Å². The molecule has 1 saturated carbocycles. The van der Waals surface area contributed by atoms with Gasteiger partial charge in [0.25, 0.3) is 0 Å². The predicted octanol–water partition coefficient (Wildman–Crippen LogP) is 3.92. The zero-order chi connectivity index (χ0) is 12.6. The van der Waals surface area contributed by atoms with Crippen LogP contribution in [0.3, 0.4) is 0 Å². The highest BCUT2D eigenvalue weighted by atomic mass is 19.1. The van der Waals surface area contributed by atoms with Crippen molar-refractivity contribution < 1.29 is 4.39 Å². The summed E-state index contributed by atoms with van der Waals surface area (Å²) in [7, 11) is 1.91. The lowest BCUT2D eigenvalue weighted by Crippen LogP contribution is -1.95. The zero-order valence-electron chi connectivity index (χ0n) is 10.9. The average molecular weight is 234 g/mol. The van der Waals surface area contributed by atoms with Crippen molar-refractivity contribution in [2.75, 3.05) is 0 Å². The van der Waals surface area contributed by atoms with E-state index in [4.69, 9.17) is 0 Å². The Labute approximate surface area is 101 Å². The van der Waals surface area contributed by atoms with E-state index in [9.17, 15) is 4.39 Å². The van der Waals surface area contributed by atoms with Crippen molar-refractivity contribution in [3.05, 3.63) is 29.2 Å². The summed E-state index contributed by atoms with van der Waals surface area (Å²) < 4.78 is 15.5. The summed E-state index contributed by atoms with van der Waals surface area (Å²) >= 11 is 0. The molecule has 0 radical (unpaired) electrons. The zero-order valence-corrected chi connectivity index (χ0v) is 10.9. The molecule has 1 aliphatic rings. The van der Waals surface area contributed by atoms with Crippen LogP contribution in [0.2, 0.25) is 0 Å². The Kier molecular flexibility index (Phi) is 3.18. The Morgan fingerprint density at radius 1 is 1.29 bits per heavy atom. The Morgan fingerprint density at radius 3 is 2.53 bits per heavy atom. The van der Waals surface area contributed by atoms with E-state index in [1.165, 1.54) is 18.5 Å². The van der Waals surface area contributed by atoms with Crippen molar-refractivity contribution in [2.45, 2.75) is 39.5 Å². The third-order valence-electron chi connectivity index (χ3n) is 3.05. The van der Waals surface area contributed by atoms with E-state index >= 15 is 0 Å². The van der Waals surface area contributed by atoms with Gasteiger partial charge >= 0.3 is 0 Å². The molecule has 0 spiro atoms. The second-order valence-corrected chi connectivity index (χ2v) is 4.43. The second-order valence-electron chi connectivity index (χ2n) is 4.43. The summed E-state index contributed by atoms with van der Waals surface area (Å²) in [5.74, 6) is 0.397. The molecule has 1 heterocycles. The highest BCUT2D eigenvalue weighted by Gasteiger charge is 2.29. The van der Waals surface area contributed by atoms with Crippen LogP contribution in [0.5, 0.6) is 0 Å². The number of aromatic nitrogens is 2. The molecule has 1 aromatic carbocycles. The van der Waals surface area contributed by atoms with Crippen LogP contribution in [0, 0.1) is 12.7 Å². The highest BCUT2D eigenvalue weighted by Crippen LogP contribution is 2.43. The van der Waals surface area contributed by atoms with Gasteiger partial charge in [-0.25, -0.2) is 4.39 Å². The molecule has 0 N–H and O–H groups in total. The van der Waals surface area contributed by atoms with Gasteiger partial charge in [0.2, 0.25) is 0 Å². The first-order valence-corrected chi connectivity index (χ1v) is 6.29. The summed E-state index contributed by atoms with van der Waals surface area (Å²) in [6, 6.07) is 3.59. The molecule has 92 valence electrons. The Balaban J connectivity index is 0.000000514. The summed E-state index contributed by atoms with van der Waals surface area (Å²) in [4.78, 5) is 0. The number of halogens is 1. The van der Waals surface area contributed by atoms with Crippen molar-refractivity contribution in [1.82, 2.24) is 9.78 Å². The van der Waals surface area contributed by atoms with E-state index in [1.807, 2.05) is 38.6 Å². The van der Waals surface area contributed by atoms with Crippen LogP contribution in [-0.4, -0.2) is 9.78 Å². The molecule has 1 fully saturated rings. The van der Waals surface area contributed by atoms with Crippen LogP contribution in [0.15, 0.2) is 12.1 Å². The molecule has 1 aliphatic carbocycles. The first-order chi connectivity index (χ1) is 8.16. The molecular formula is C14H19FN2. The number of hydrogen-bond acceptors (Lipinski definition) is 1. The first kappa shape index (κ1) is 12.1. The van der Waals surface area contributed by atoms with Gasteiger partial charge in [0.05, 0.1) is 0 Å². The van der Waals surface area contributed by atoms with Crippen molar-refractivity contribution >= 4 is 10.9 Å². The smallest absolute Gasteiger partial charge is 0.151 e. The van der Waals surface area contributed by atoms with Gasteiger partial charge in [-0.3, -0.25) is 4.68 Å².